The molecule has 5 atom stereocenters. The van der Waals surface area contributed by atoms with Crippen LogP contribution in [0.5, 0.6) is 0 Å². The van der Waals surface area contributed by atoms with Crippen molar-refractivity contribution in [3.63, 3.8) is 0 Å². The Balaban J connectivity index is 1.79. The van der Waals surface area contributed by atoms with Crippen LogP contribution in [0.25, 0.3) is 0 Å². The van der Waals surface area contributed by atoms with Gasteiger partial charge in [0.25, 0.3) is 0 Å². The first-order valence-electron chi connectivity index (χ1n) is 12.9. The van der Waals surface area contributed by atoms with Crippen LogP contribution in [0.1, 0.15) is 37.5 Å². The molecule has 9 nitrogen and oxygen atoms in total. The Bertz CT molecular complexity index is 1180. The zero-order valence-corrected chi connectivity index (χ0v) is 22.5. The predicted octanol–water partition coefficient (Wildman–Crippen LogP) is 3.51. The van der Waals surface area contributed by atoms with Crippen LogP contribution in [0.15, 0.2) is 91.0 Å². The van der Waals surface area contributed by atoms with Gasteiger partial charge in [-0.3, -0.25) is 14.4 Å². The lowest BCUT2D eigenvalue weighted by Crippen LogP contribution is -2.62. The molecule has 9 heteroatoms. The molecule has 0 amide bonds. The van der Waals surface area contributed by atoms with Crippen molar-refractivity contribution in [2.24, 2.45) is 0 Å². The van der Waals surface area contributed by atoms with Crippen molar-refractivity contribution in [3.05, 3.63) is 108 Å². The molecule has 1 heterocycles. The maximum Gasteiger partial charge on any atom is 0.303 e. The number of hydrogen-bond donors (Lipinski definition) is 1. The summed E-state index contributed by atoms with van der Waals surface area (Å²) in [6.07, 6.45) is -6.82. The number of benzene rings is 3. The summed E-state index contributed by atoms with van der Waals surface area (Å²) in [4.78, 5) is 35.9. The predicted molar refractivity (Wildman–Crippen MR) is 143 cm³/mol. The fourth-order valence-electron chi connectivity index (χ4n) is 4.98. The lowest BCUT2D eigenvalue weighted by molar-refractivity contribution is -0.299. The number of hydrogen-bond acceptors (Lipinski definition) is 9. The van der Waals surface area contributed by atoms with Crippen LogP contribution in [-0.2, 0) is 43.7 Å². The third-order valence-corrected chi connectivity index (χ3v) is 6.52. The average Bonchev–Trinajstić information content (AvgIpc) is 2.94. The summed E-state index contributed by atoms with van der Waals surface area (Å²) in [6.45, 7) is 3.28. The number of aliphatic hydroxyl groups excluding tert-OH is 1. The van der Waals surface area contributed by atoms with E-state index in [-0.39, 0.29) is 6.61 Å². The van der Waals surface area contributed by atoms with E-state index in [1.807, 2.05) is 91.0 Å². The molecule has 0 bridgehead atoms. The number of ether oxygens (including phenoxy) is 5. The molecule has 40 heavy (non-hydrogen) atoms. The zero-order chi connectivity index (χ0) is 28.7. The van der Waals surface area contributed by atoms with E-state index in [9.17, 15) is 19.5 Å². The van der Waals surface area contributed by atoms with Crippen molar-refractivity contribution >= 4 is 17.9 Å². The second-order valence-electron chi connectivity index (χ2n) is 9.38. The minimum atomic E-state index is -1.69. The van der Waals surface area contributed by atoms with Gasteiger partial charge in [-0.05, 0) is 16.7 Å². The summed E-state index contributed by atoms with van der Waals surface area (Å²) in [6, 6.07) is 28.8. The topological polar surface area (TPSA) is 118 Å². The minimum Gasteiger partial charge on any atom is -0.456 e. The highest BCUT2D eigenvalue weighted by Gasteiger charge is 2.52. The van der Waals surface area contributed by atoms with Gasteiger partial charge in [-0.15, -0.1) is 0 Å². The highest BCUT2D eigenvalue weighted by Crippen LogP contribution is 2.41. The first-order valence-corrected chi connectivity index (χ1v) is 12.9. The molecule has 3 aromatic carbocycles. The smallest absolute Gasteiger partial charge is 0.303 e. The molecule has 0 aromatic heterocycles. The summed E-state index contributed by atoms with van der Waals surface area (Å²) in [7, 11) is 0. The Morgan fingerprint density at radius 3 is 1.43 bits per heavy atom. The van der Waals surface area contributed by atoms with E-state index in [1.54, 1.807) is 0 Å². The van der Waals surface area contributed by atoms with Gasteiger partial charge in [0.15, 0.2) is 24.6 Å². The Morgan fingerprint density at radius 2 is 1.02 bits per heavy atom. The highest BCUT2D eigenvalue weighted by atomic mass is 16.7. The van der Waals surface area contributed by atoms with Crippen molar-refractivity contribution in [1.82, 2.24) is 0 Å². The van der Waals surface area contributed by atoms with Gasteiger partial charge in [-0.25, -0.2) is 0 Å². The Morgan fingerprint density at radius 1 is 0.650 bits per heavy atom. The standard InChI is InChI=1S/C31H32O9/c1-20(32)37-27-26(40-30(35)29(39-22(3)34)28(27)38-21(2)33)19-36-31(23-13-7-4-8-14-23,24-15-9-5-10-16-24)25-17-11-6-12-18-25/h4-18,26-30,35H,19H2,1-3H3/t26-,27+,28+,29-,30-/m1/s1. The first kappa shape index (κ1) is 28.9. The third kappa shape index (κ3) is 6.39. The number of carbonyl (C=O) groups is 3. The van der Waals surface area contributed by atoms with E-state index in [2.05, 4.69) is 0 Å². The van der Waals surface area contributed by atoms with Gasteiger partial charge >= 0.3 is 17.9 Å². The van der Waals surface area contributed by atoms with E-state index < -0.39 is 54.2 Å². The number of esters is 3. The van der Waals surface area contributed by atoms with Crippen LogP contribution in [0, 0.1) is 0 Å². The van der Waals surface area contributed by atoms with Gasteiger partial charge in [0.2, 0.25) is 0 Å². The summed E-state index contributed by atoms with van der Waals surface area (Å²) >= 11 is 0. The summed E-state index contributed by atoms with van der Waals surface area (Å²) < 4.78 is 28.8. The van der Waals surface area contributed by atoms with Crippen LogP contribution in [0.3, 0.4) is 0 Å². The number of rotatable bonds is 9. The van der Waals surface area contributed by atoms with Crippen LogP contribution >= 0.6 is 0 Å². The normalized spacial score (nSPS) is 22.6. The van der Waals surface area contributed by atoms with E-state index >= 15 is 0 Å². The van der Waals surface area contributed by atoms with Crippen LogP contribution in [-0.4, -0.2) is 60.3 Å². The van der Waals surface area contributed by atoms with Crippen LogP contribution in [0.2, 0.25) is 0 Å². The number of carbonyl (C=O) groups excluding carboxylic acids is 3. The fourth-order valence-corrected chi connectivity index (χ4v) is 4.98. The maximum absolute atomic E-state index is 12.1. The number of aliphatic hydroxyl groups is 1. The molecule has 0 unspecified atom stereocenters. The van der Waals surface area contributed by atoms with Crippen molar-refractivity contribution in [1.29, 1.82) is 0 Å². The SMILES string of the molecule is CC(=O)O[C@@H]1[C@@H](OC(C)=O)[C@H](O)O[C@H](COC(c2ccccc2)(c2ccccc2)c2ccccc2)[C@@H]1OC(C)=O. The first-order chi connectivity index (χ1) is 19.2. The molecule has 0 aliphatic carbocycles. The molecule has 1 aliphatic heterocycles. The fraction of sp³-hybridized carbons (Fsp3) is 0.323. The quantitative estimate of drug-likeness (QED) is 0.244. The van der Waals surface area contributed by atoms with Gasteiger partial charge < -0.3 is 28.8 Å². The van der Waals surface area contributed by atoms with Crippen molar-refractivity contribution in [3.8, 4) is 0 Å². The molecular formula is C31H32O9. The molecule has 1 fully saturated rings. The van der Waals surface area contributed by atoms with Gasteiger partial charge in [-0.1, -0.05) is 91.0 Å². The Labute approximate surface area is 232 Å². The largest absolute Gasteiger partial charge is 0.456 e. The Kier molecular flexibility index (Phi) is 9.31. The Hall–Kier alpha value is -4.05. The molecule has 1 saturated heterocycles. The van der Waals surface area contributed by atoms with E-state index in [4.69, 9.17) is 23.7 Å². The van der Waals surface area contributed by atoms with Gasteiger partial charge in [0.1, 0.15) is 11.7 Å². The molecule has 0 radical (unpaired) electrons. The van der Waals surface area contributed by atoms with E-state index in [1.165, 1.54) is 6.92 Å². The third-order valence-electron chi connectivity index (χ3n) is 6.52. The van der Waals surface area contributed by atoms with E-state index in [0.717, 1.165) is 30.5 Å². The molecular weight excluding hydrogens is 516 g/mol. The van der Waals surface area contributed by atoms with Gasteiger partial charge in [-0.2, -0.15) is 0 Å². The van der Waals surface area contributed by atoms with Crippen LogP contribution in [0.4, 0.5) is 0 Å². The van der Waals surface area contributed by atoms with Crippen molar-refractivity contribution in [2.45, 2.75) is 57.1 Å². The minimum absolute atomic E-state index is 0.210. The molecule has 210 valence electrons. The summed E-state index contributed by atoms with van der Waals surface area (Å²) in [5.74, 6) is -2.15. The second-order valence-corrected chi connectivity index (χ2v) is 9.38. The summed E-state index contributed by atoms with van der Waals surface area (Å²) in [5, 5.41) is 10.8. The van der Waals surface area contributed by atoms with Crippen LogP contribution < -0.4 is 0 Å². The zero-order valence-electron chi connectivity index (χ0n) is 22.5. The molecule has 4 rings (SSSR count). The van der Waals surface area contributed by atoms with Crippen molar-refractivity contribution < 1.29 is 43.2 Å². The van der Waals surface area contributed by atoms with Crippen molar-refractivity contribution in [2.75, 3.05) is 6.61 Å². The molecule has 3 aromatic rings. The molecule has 1 aliphatic rings. The second kappa shape index (κ2) is 12.9. The molecule has 0 spiro atoms. The van der Waals surface area contributed by atoms with Gasteiger partial charge in [0, 0.05) is 20.8 Å². The highest BCUT2D eigenvalue weighted by molar-refractivity contribution is 5.68. The lowest BCUT2D eigenvalue weighted by Gasteiger charge is -2.44. The van der Waals surface area contributed by atoms with E-state index in [0.29, 0.717) is 0 Å². The lowest BCUT2D eigenvalue weighted by atomic mass is 9.80. The molecule has 0 saturated carbocycles. The average molecular weight is 549 g/mol. The molecule has 1 N–H and O–H groups in total. The summed E-state index contributed by atoms with van der Waals surface area (Å²) in [5.41, 5.74) is 1.33. The monoisotopic (exact) mass is 548 g/mol. The van der Waals surface area contributed by atoms with Gasteiger partial charge in [0.05, 0.1) is 6.61 Å². The maximum atomic E-state index is 12.1.